The average Bonchev–Trinajstić information content (AvgIpc) is 2.70. The predicted octanol–water partition coefficient (Wildman–Crippen LogP) is 4.00. The van der Waals surface area contributed by atoms with Gasteiger partial charge in [-0.25, -0.2) is 12.8 Å². The number of hydrogen-bond acceptors (Lipinski definition) is 5. The van der Waals surface area contributed by atoms with Crippen LogP contribution < -0.4 is 14.8 Å². The molecule has 2 N–H and O–H groups in total. The summed E-state index contributed by atoms with van der Waals surface area (Å²) in [4.78, 5) is 12.2. The van der Waals surface area contributed by atoms with Crippen molar-refractivity contribution in [2.45, 2.75) is 36.7 Å². The molecule has 0 spiro atoms. The van der Waals surface area contributed by atoms with E-state index in [1.807, 2.05) is 0 Å². The van der Waals surface area contributed by atoms with E-state index in [-0.39, 0.29) is 6.42 Å². The Morgan fingerprint density at radius 2 is 1.75 bits per heavy atom. The van der Waals surface area contributed by atoms with Crippen LogP contribution in [0, 0.1) is 5.82 Å². The molecular formula is C20H22F4N2O4S2. The fraction of sp³-hybridized carbons (Fsp3) is 0.350. The van der Waals surface area contributed by atoms with E-state index >= 15 is 0 Å². The van der Waals surface area contributed by atoms with Crippen molar-refractivity contribution < 1.29 is 35.5 Å². The van der Waals surface area contributed by atoms with Gasteiger partial charge in [0.2, 0.25) is 15.9 Å². The molecule has 12 heteroatoms. The second kappa shape index (κ2) is 11.0. The predicted molar refractivity (Wildman–Crippen MR) is 113 cm³/mol. The zero-order valence-electron chi connectivity index (χ0n) is 17.1. The summed E-state index contributed by atoms with van der Waals surface area (Å²) in [5, 5.41) is 2.63. The minimum Gasteiger partial charge on any atom is -0.406 e. The molecule has 0 heterocycles. The van der Waals surface area contributed by atoms with Crippen molar-refractivity contribution in [2.24, 2.45) is 0 Å². The Hall–Kier alpha value is -2.31. The van der Waals surface area contributed by atoms with E-state index in [0.717, 1.165) is 24.3 Å². The molecule has 2 atom stereocenters. The summed E-state index contributed by atoms with van der Waals surface area (Å²) in [5.41, 5.74) is 0.480. The third kappa shape index (κ3) is 7.68. The summed E-state index contributed by atoms with van der Waals surface area (Å²) < 4.78 is 82.0. The number of alkyl halides is 3. The first kappa shape index (κ1) is 25.9. The van der Waals surface area contributed by atoms with Crippen LogP contribution in [0.15, 0.2) is 53.4 Å². The lowest BCUT2D eigenvalue weighted by Gasteiger charge is -2.22. The van der Waals surface area contributed by atoms with Crippen molar-refractivity contribution in [1.82, 2.24) is 10.0 Å². The van der Waals surface area contributed by atoms with Crippen molar-refractivity contribution in [2.75, 3.05) is 12.0 Å². The topological polar surface area (TPSA) is 84.5 Å². The number of thioether (sulfide) groups is 1. The lowest BCUT2D eigenvalue weighted by molar-refractivity contribution is -0.274. The highest BCUT2D eigenvalue weighted by atomic mass is 32.2. The summed E-state index contributed by atoms with van der Waals surface area (Å²) >= 11 is 1.40. The van der Waals surface area contributed by atoms with Gasteiger partial charge in [0.1, 0.15) is 22.5 Å². The van der Waals surface area contributed by atoms with Gasteiger partial charge in [-0.15, -0.1) is 13.2 Å². The molecule has 6 nitrogen and oxygen atoms in total. The highest BCUT2D eigenvalue weighted by Crippen LogP contribution is 2.24. The molecule has 0 fully saturated rings. The molecule has 0 aliphatic carbocycles. The number of halogens is 4. The van der Waals surface area contributed by atoms with Gasteiger partial charge in [0.15, 0.2) is 0 Å². The SMILES string of the molecule is CSCCC(NS(=O)(=O)c1ccccc1F)C(=O)NC(C)c1ccc(OC(F)(F)F)cc1. The summed E-state index contributed by atoms with van der Waals surface area (Å²) in [6.07, 6.45) is -2.89. The van der Waals surface area contributed by atoms with E-state index in [4.69, 9.17) is 0 Å². The summed E-state index contributed by atoms with van der Waals surface area (Å²) in [5.74, 6) is -1.55. The van der Waals surface area contributed by atoms with E-state index in [1.165, 1.54) is 36.0 Å². The van der Waals surface area contributed by atoms with E-state index in [1.54, 1.807) is 13.2 Å². The molecule has 2 unspecified atom stereocenters. The van der Waals surface area contributed by atoms with Crippen LogP contribution in [0.2, 0.25) is 0 Å². The maximum Gasteiger partial charge on any atom is 0.573 e. The maximum absolute atomic E-state index is 14.0. The Morgan fingerprint density at radius 1 is 1.12 bits per heavy atom. The highest BCUT2D eigenvalue weighted by Gasteiger charge is 2.31. The van der Waals surface area contributed by atoms with E-state index in [0.29, 0.717) is 11.3 Å². The Morgan fingerprint density at radius 3 is 2.31 bits per heavy atom. The maximum atomic E-state index is 14.0. The van der Waals surface area contributed by atoms with Crippen LogP contribution in [0.4, 0.5) is 17.6 Å². The molecule has 0 aromatic heterocycles. The number of nitrogens with one attached hydrogen (secondary N) is 2. The fourth-order valence-corrected chi connectivity index (χ4v) is 4.53. The molecule has 176 valence electrons. The first-order valence-electron chi connectivity index (χ1n) is 9.35. The standard InChI is InChI=1S/C20H22F4N2O4S2/c1-13(14-7-9-15(10-8-14)30-20(22,23)24)25-19(27)17(11-12-31-2)26-32(28,29)18-6-4-3-5-16(18)21/h3-10,13,17,26H,11-12H2,1-2H3,(H,25,27). The monoisotopic (exact) mass is 494 g/mol. The summed E-state index contributed by atoms with van der Waals surface area (Å²) in [7, 11) is -4.31. The minimum atomic E-state index is -4.82. The van der Waals surface area contributed by atoms with Crippen LogP contribution in [0.3, 0.4) is 0 Å². The zero-order chi connectivity index (χ0) is 23.9. The van der Waals surface area contributed by atoms with Crippen molar-refractivity contribution in [3.05, 3.63) is 59.9 Å². The van der Waals surface area contributed by atoms with Gasteiger partial charge in [-0.05, 0) is 55.2 Å². The second-order valence-electron chi connectivity index (χ2n) is 6.73. The van der Waals surface area contributed by atoms with Crippen molar-refractivity contribution >= 4 is 27.7 Å². The Kier molecular flexibility index (Phi) is 8.93. The van der Waals surface area contributed by atoms with Crippen LogP contribution in [-0.4, -0.2) is 38.7 Å². The second-order valence-corrected chi connectivity index (χ2v) is 9.40. The van der Waals surface area contributed by atoms with Gasteiger partial charge in [0, 0.05) is 0 Å². The highest BCUT2D eigenvalue weighted by molar-refractivity contribution is 7.98. The summed E-state index contributed by atoms with van der Waals surface area (Å²) in [6.45, 7) is 1.59. The van der Waals surface area contributed by atoms with Gasteiger partial charge >= 0.3 is 6.36 Å². The quantitative estimate of drug-likeness (QED) is 0.488. The first-order valence-corrected chi connectivity index (χ1v) is 12.2. The van der Waals surface area contributed by atoms with E-state index in [9.17, 15) is 30.8 Å². The third-order valence-corrected chi connectivity index (χ3v) is 6.47. The molecule has 0 bridgehead atoms. The van der Waals surface area contributed by atoms with Gasteiger partial charge in [0.05, 0.1) is 6.04 Å². The molecule has 0 saturated heterocycles. The molecule has 0 aliphatic heterocycles. The molecule has 0 radical (unpaired) electrons. The van der Waals surface area contributed by atoms with Crippen molar-refractivity contribution in [3.8, 4) is 5.75 Å². The van der Waals surface area contributed by atoms with Crippen LogP contribution >= 0.6 is 11.8 Å². The number of carbonyl (C=O) groups excluding carboxylic acids is 1. The van der Waals surface area contributed by atoms with Crippen LogP contribution in [-0.2, 0) is 14.8 Å². The Balaban J connectivity index is 2.12. The van der Waals surface area contributed by atoms with Gasteiger partial charge in [0.25, 0.3) is 0 Å². The van der Waals surface area contributed by atoms with Gasteiger partial charge < -0.3 is 10.1 Å². The lowest BCUT2D eigenvalue weighted by atomic mass is 10.1. The van der Waals surface area contributed by atoms with E-state index < -0.39 is 50.8 Å². The number of amides is 1. The number of rotatable bonds is 10. The Labute approximate surface area is 187 Å². The number of benzene rings is 2. The number of sulfonamides is 1. The molecule has 2 aromatic rings. The van der Waals surface area contributed by atoms with Gasteiger partial charge in [-0.1, -0.05) is 24.3 Å². The van der Waals surface area contributed by atoms with Gasteiger partial charge in [-0.3, -0.25) is 4.79 Å². The number of carbonyl (C=O) groups is 1. The van der Waals surface area contributed by atoms with Crippen molar-refractivity contribution in [1.29, 1.82) is 0 Å². The van der Waals surface area contributed by atoms with Gasteiger partial charge in [-0.2, -0.15) is 16.5 Å². The molecule has 32 heavy (non-hydrogen) atoms. The average molecular weight is 495 g/mol. The largest absolute Gasteiger partial charge is 0.573 e. The van der Waals surface area contributed by atoms with Crippen LogP contribution in [0.25, 0.3) is 0 Å². The van der Waals surface area contributed by atoms with Crippen LogP contribution in [0.5, 0.6) is 5.75 Å². The molecule has 1 amide bonds. The number of ether oxygens (including phenoxy) is 1. The van der Waals surface area contributed by atoms with E-state index in [2.05, 4.69) is 14.8 Å². The molecule has 2 aromatic carbocycles. The zero-order valence-corrected chi connectivity index (χ0v) is 18.8. The number of hydrogen-bond donors (Lipinski definition) is 2. The molecular weight excluding hydrogens is 472 g/mol. The fourth-order valence-electron chi connectivity index (χ4n) is 2.75. The summed E-state index contributed by atoms with van der Waals surface area (Å²) in [6, 6.07) is 7.91. The molecule has 0 saturated carbocycles. The molecule has 0 aliphatic rings. The minimum absolute atomic E-state index is 0.145. The third-order valence-electron chi connectivity index (χ3n) is 4.32. The molecule has 2 rings (SSSR count). The first-order chi connectivity index (χ1) is 14.9. The van der Waals surface area contributed by atoms with Crippen molar-refractivity contribution in [3.63, 3.8) is 0 Å². The smallest absolute Gasteiger partial charge is 0.406 e. The lowest BCUT2D eigenvalue weighted by Crippen LogP contribution is -2.47. The normalized spacial score (nSPS) is 13.9. The Bertz CT molecular complexity index is 1020. The van der Waals surface area contributed by atoms with Crippen LogP contribution in [0.1, 0.15) is 24.9 Å².